The Morgan fingerprint density at radius 3 is 1.93 bits per heavy atom. The van der Waals surface area contributed by atoms with Crippen molar-refractivity contribution in [1.29, 1.82) is 0 Å². The van der Waals surface area contributed by atoms with Gasteiger partial charge in [0.15, 0.2) is 0 Å². The van der Waals surface area contributed by atoms with Crippen molar-refractivity contribution in [3.8, 4) is 0 Å². The summed E-state index contributed by atoms with van der Waals surface area (Å²) >= 11 is 0. The Hall–Kier alpha value is -0.693. The quantitative estimate of drug-likeness (QED) is 0.364. The van der Waals surface area contributed by atoms with Crippen LogP contribution in [0.5, 0.6) is 0 Å². The Bertz CT molecular complexity index is 204. The maximum absolute atomic E-state index is 11.1. The van der Waals surface area contributed by atoms with Crippen molar-refractivity contribution in [2.75, 3.05) is 21.3 Å². The van der Waals surface area contributed by atoms with Gasteiger partial charge in [0.25, 0.3) is 0 Å². The third kappa shape index (κ3) is 3.58. The molecule has 80 valence electrons. The van der Waals surface area contributed by atoms with Crippen molar-refractivity contribution in [1.82, 2.24) is 0 Å². The van der Waals surface area contributed by atoms with E-state index in [4.69, 9.17) is 18.6 Å². The average Bonchev–Trinajstić information content (AvgIpc) is 2.20. The fourth-order valence-corrected chi connectivity index (χ4v) is 1.21. The van der Waals surface area contributed by atoms with Gasteiger partial charge in [-0.2, -0.15) is 0 Å². The molecule has 0 aliphatic carbocycles. The van der Waals surface area contributed by atoms with Crippen molar-refractivity contribution in [2.45, 2.75) is 12.5 Å². The molecule has 0 rings (SSSR count). The summed E-state index contributed by atoms with van der Waals surface area (Å²) in [7, 11) is 3.78. The topological polar surface area (TPSA) is 54.0 Å². The van der Waals surface area contributed by atoms with Crippen LogP contribution in [0.1, 0.15) is 6.92 Å². The lowest BCUT2D eigenvalue weighted by Gasteiger charge is -2.26. The number of carbonyl (C=O) groups is 1. The number of carbonyl (C=O) groups excluding carboxylic acids is 1. The average molecular weight is 218 g/mol. The minimum absolute atomic E-state index is 0.315. The summed E-state index contributed by atoms with van der Waals surface area (Å²) in [5.74, 6) is -0.501. The molecule has 0 aliphatic rings. The molecule has 5 nitrogen and oxygen atoms in total. The number of methoxy groups -OCH3 is 3. The van der Waals surface area contributed by atoms with Gasteiger partial charge in [0.2, 0.25) is 0 Å². The fourth-order valence-electron chi connectivity index (χ4n) is 0.571. The standard InChI is InChI=1S/C8H14O5Si/c1-6(2)7(9)13-14-8(10-3,11-4)12-5/h1H2,2-5H3. The van der Waals surface area contributed by atoms with E-state index in [0.717, 1.165) is 0 Å². The van der Waals surface area contributed by atoms with Crippen LogP contribution in [-0.2, 0) is 23.4 Å². The maximum Gasteiger partial charge on any atom is 0.427 e. The van der Waals surface area contributed by atoms with Gasteiger partial charge in [-0.15, -0.1) is 0 Å². The lowest BCUT2D eigenvalue weighted by atomic mass is 10.4. The Morgan fingerprint density at radius 1 is 1.21 bits per heavy atom. The van der Waals surface area contributed by atoms with Crippen LogP contribution in [0.4, 0.5) is 0 Å². The van der Waals surface area contributed by atoms with Crippen molar-refractivity contribution in [3.05, 3.63) is 12.2 Å². The third-order valence-electron chi connectivity index (χ3n) is 1.42. The molecule has 0 saturated heterocycles. The molecule has 0 saturated carbocycles. The summed E-state index contributed by atoms with van der Waals surface area (Å²) in [5.41, 5.74) is -1.000. The highest BCUT2D eigenvalue weighted by molar-refractivity contribution is 6.34. The van der Waals surface area contributed by atoms with E-state index in [1.807, 2.05) is 0 Å². The molecule has 0 amide bonds. The maximum atomic E-state index is 11.1. The molecular weight excluding hydrogens is 204 g/mol. The zero-order valence-corrected chi connectivity index (χ0v) is 9.75. The van der Waals surface area contributed by atoms with Gasteiger partial charge in [-0.05, 0) is 6.92 Å². The van der Waals surface area contributed by atoms with E-state index in [1.165, 1.54) is 21.3 Å². The van der Waals surface area contributed by atoms with Gasteiger partial charge in [0.05, 0.1) is 0 Å². The molecule has 2 radical (unpaired) electrons. The zero-order valence-electron chi connectivity index (χ0n) is 8.75. The van der Waals surface area contributed by atoms with Crippen LogP contribution in [0.3, 0.4) is 0 Å². The molecule has 0 spiro atoms. The Morgan fingerprint density at radius 2 is 1.64 bits per heavy atom. The molecule has 0 unspecified atom stereocenters. The van der Waals surface area contributed by atoms with E-state index < -0.39 is 21.3 Å². The second-order valence-corrected chi connectivity index (χ2v) is 3.46. The van der Waals surface area contributed by atoms with Gasteiger partial charge in [0.1, 0.15) is 0 Å². The minimum atomic E-state index is -1.31. The van der Waals surface area contributed by atoms with Gasteiger partial charge in [-0.1, -0.05) is 6.58 Å². The van der Waals surface area contributed by atoms with E-state index in [1.54, 1.807) is 6.92 Å². The number of hydrogen-bond acceptors (Lipinski definition) is 5. The first-order valence-electron chi connectivity index (χ1n) is 3.80. The van der Waals surface area contributed by atoms with Gasteiger partial charge in [0, 0.05) is 26.9 Å². The number of ether oxygens (including phenoxy) is 3. The first kappa shape index (κ1) is 13.3. The highest BCUT2D eigenvalue weighted by Gasteiger charge is 2.35. The van der Waals surface area contributed by atoms with Crippen LogP contribution in [-0.4, -0.2) is 42.7 Å². The van der Waals surface area contributed by atoms with E-state index in [0.29, 0.717) is 5.57 Å². The molecule has 0 fully saturated rings. The second kappa shape index (κ2) is 5.92. The van der Waals surface area contributed by atoms with E-state index in [9.17, 15) is 4.79 Å². The SMILES string of the molecule is C=C(C)C(=O)O[Si]C(OC)(OC)OC. The second-order valence-electron chi connectivity index (χ2n) is 2.44. The summed E-state index contributed by atoms with van der Waals surface area (Å²) in [6.45, 7) is 5.00. The van der Waals surface area contributed by atoms with Crippen molar-refractivity contribution in [3.63, 3.8) is 0 Å². The molecule has 0 aliphatic heterocycles. The summed E-state index contributed by atoms with van der Waals surface area (Å²) < 4.78 is 19.6. The largest absolute Gasteiger partial charge is 0.503 e. The number of hydrogen-bond donors (Lipinski definition) is 0. The van der Waals surface area contributed by atoms with Crippen molar-refractivity contribution >= 4 is 15.7 Å². The summed E-state index contributed by atoms with van der Waals surface area (Å²) in [5, 5.41) is 0. The van der Waals surface area contributed by atoms with Gasteiger partial charge in [-0.3, -0.25) is 0 Å². The first-order valence-corrected chi connectivity index (χ1v) is 4.71. The molecular formula is C8H14O5Si. The smallest absolute Gasteiger partial charge is 0.427 e. The molecule has 0 bridgehead atoms. The molecule has 0 heterocycles. The number of rotatable bonds is 6. The summed E-state index contributed by atoms with van der Waals surface area (Å²) in [6.07, 6.45) is 0. The predicted molar refractivity (Wildman–Crippen MR) is 50.4 cm³/mol. The predicted octanol–water partition coefficient (Wildman–Crippen LogP) is 0.275. The Balaban J connectivity index is 4.19. The van der Waals surface area contributed by atoms with Crippen molar-refractivity contribution < 1.29 is 23.4 Å². The highest BCUT2D eigenvalue weighted by Crippen LogP contribution is 2.10. The van der Waals surface area contributed by atoms with Gasteiger partial charge in [-0.25, -0.2) is 4.79 Å². The molecule has 0 aromatic rings. The Labute approximate surface area is 85.9 Å². The van der Waals surface area contributed by atoms with Crippen LogP contribution >= 0.6 is 0 Å². The first-order chi connectivity index (χ1) is 6.51. The van der Waals surface area contributed by atoms with Crippen LogP contribution in [0.15, 0.2) is 12.2 Å². The van der Waals surface area contributed by atoms with Crippen LogP contribution in [0.25, 0.3) is 0 Å². The summed E-state index contributed by atoms with van der Waals surface area (Å²) in [4.78, 5) is 11.1. The van der Waals surface area contributed by atoms with Gasteiger partial charge >= 0.3 is 21.3 Å². The van der Waals surface area contributed by atoms with Crippen LogP contribution in [0, 0.1) is 0 Å². The molecule has 0 aromatic heterocycles. The zero-order chi connectivity index (χ0) is 11.2. The lowest BCUT2D eigenvalue weighted by Crippen LogP contribution is -2.44. The molecule has 0 aromatic carbocycles. The third-order valence-corrected chi connectivity index (χ3v) is 2.57. The monoisotopic (exact) mass is 218 g/mol. The fraction of sp³-hybridized carbons (Fsp3) is 0.625. The van der Waals surface area contributed by atoms with Crippen LogP contribution in [0.2, 0.25) is 0 Å². The summed E-state index contributed by atoms with van der Waals surface area (Å²) in [6, 6.07) is 0. The lowest BCUT2D eigenvalue weighted by molar-refractivity contribution is -0.299. The Kier molecular flexibility index (Phi) is 5.62. The highest BCUT2D eigenvalue weighted by atomic mass is 28.2. The van der Waals surface area contributed by atoms with E-state index in [2.05, 4.69) is 6.58 Å². The van der Waals surface area contributed by atoms with E-state index in [-0.39, 0.29) is 0 Å². The van der Waals surface area contributed by atoms with E-state index >= 15 is 0 Å². The van der Waals surface area contributed by atoms with Gasteiger partial charge < -0.3 is 18.6 Å². The molecule has 14 heavy (non-hydrogen) atoms. The molecule has 0 N–H and O–H groups in total. The van der Waals surface area contributed by atoms with Crippen molar-refractivity contribution in [2.24, 2.45) is 0 Å². The molecule has 0 atom stereocenters. The van der Waals surface area contributed by atoms with Crippen LogP contribution < -0.4 is 0 Å². The molecule has 6 heteroatoms. The minimum Gasteiger partial charge on any atom is -0.503 e. The normalized spacial score (nSPS) is 11.1.